The van der Waals surface area contributed by atoms with Gasteiger partial charge in [-0.25, -0.2) is 0 Å². The van der Waals surface area contributed by atoms with E-state index in [1.165, 1.54) is 25.8 Å². The van der Waals surface area contributed by atoms with Crippen molar-refractivity contribution >= 4 is 0 Å². The van der Waals surface area contributed by atoms with Crippen molar-refractivity contribution < 1.29 is 5.11 Å². The first-order chi connectivity index (χ1) is 6.34. The number of piperidine rings is 1. The summed E-state index contributed by atoms with van der Waals surface area (Å²) in [4.78, 5) is 2.36. The minimum atomic E-state index is -0.0754. The number of hydrogen-bond acceptors (Lipinski definition) is 2. The highest BCUT2D eigenvalue weighted by molar-refractivity contribution is 5.10. The fourth-order valence-electron chi connectivity index (χ4n) is 2.04. The van der Waals surface area contributed by atoms with Crippen LogP contribution in [0.5, 0.6) is 0 Å². The predicted molar refractivity (Wildman–Crippen MR) is 53.6 cm³/mol. The van der Waals surface area contributed by atoms with Crippen LogP contribution in [0.15, 0.2) is 11.6 Å². The Morgan fingerprint density at radius 2 is 2.23 bits per heavy atom. The lowest BCUT2D eigenvalue weighted by atomic mass is 9.92. The molecular formula is C11H19NO. The normalized spacial score (nSPS) is 29.9. The topological polar surface area (TPSA) is 23.5 Å². The number of aliphatic hydroxyl groups excluding tert-OH is 1. The molecule has 2 heteroatoms. The molecule has 2 rings (SSSR count). The molecule has 2 fully saturated rings. The zero-order valence-electron chi connectivity index (χ0n) is 8.21. The van der Waals surface area contributed by atoms with Crippen LogP contribution in [0.25, 0.3) is 0 Å². The van der Waals surface area contributed by atoms with Crippen molar-refractivity contribution in [3.05, 3.63) is 11.6 Å². The summed E-state index contributed by atoms with van der Waals surface area (Å²) in [6.45, 7) is 3.11. The van der Waals surface area contributed by atoms with Gasteiger partial charge in [0.25, 0.3) is 0 Å². The molecule has 1 saturated heterocycles. The van der Waals surface area contributed by atoms with Gasteiger partial charge < -0.3 is 5.11 Å². The zero-order valence-corrected chi connectivity index (χ0v) is 8.21. The third kappa shape index (κ3) is 2.55. The minimum Gasteiger partial charge on any atom is -0.392 e. The number of aliphatic hydroxyl groups is 1. The highest BCUT2D eigenvalue weighted by atomic mass is 16.3. The number of rotatable bonds is 2. The van der Waals surface area contributed by atoms with Crippen LogP contribution in [-0.4, -0.2) is 35.7 Å². The van der Waals surface area contributed by atoms with Gasteiger partial charge in [-0.15, -0.1) is 0 Å². The summed E-state index contributed by atoms with van der Waals surface area (Å²) in [5.74, 6) is 0. The highest BCUT2D eigenvalue weighted by Crippen LogP contribution is 2.25. The quantitative estimate of drug-likeness (QED) is 0.653. The summed E-state index contributed by atoms with van der Waals surface area (Å²) in [6, 6.07) is 0. The molecule has 1 saturated carbocycles. The Bertz CT molecular complexity index is 194. The van der Waals surface area contributed by atoms with Crippen LogP contribution in [0.2, 0.25) is 0 Å². The third-order valence-electron chi connectivity index (χ3n) is 3.11. The second kappa shape index (κ2) is 4.25. The summed E-state index contributed by atoms with van der Waals surface area (Å²) in [6.07, 6.45) is 8.45. The van der Waals surface area contributed by atoms with E-state index in [1.807, 2.05) is 0 Å². The molecule has 2 nitrogen and oxygen atoms in total. The van der Waals surface area contributed by atoms with E-state index in [0.717, 1.165) is 25.9 Å². The molecule has 0 aromatic heterocycles. The van der Waals surface area contributed by atoms with Gasteiger partial charge in [-0.1, -0.05) is 11.6 Å². The fraction of sp³-hybridized carbons (Fsp3) is 0.818. The monoisotopic (exact) mass is 181 g/mol. The smallest absolute Gasteiger partial charge is 0.0667 e. The number of hydrogen-bond donors (Lipinski definition) is 1. The first-order valence-electron chi connectivity index (χ1n) is 5.43. The molecule has 0 aromatic carbocycles. The summed E-state index contributed by atoms with van der Waals surface area (Å²) in [7, 11) is 0. The van der Waals surface area contributed by atoms with Crippen molar-refractivity contribution in [2.45, 2.75) is 38.2 Å². The van der Waals surface area contributed by atoms with E-state index in [9.17, 15) is 5.11 Å². The van der Waals surface area contributed by atoms with E-state index in [1.54, 1.807) is 5.57 Å². The molecule has 1 aliphatic carbocycles. The van der Waals surface area contributed by atoms with Gasteiger partial charge in [0.15, 0.2) is 0 Å². The second-order valence-corrected chi connectivity index (χ2v) is 4.27. The SMILES string of the molecule is OC1CCCN(CC=C2CCC2)C1. The second-order valence-electron chi connectivity index (χ2n) is 4.27. The van der Waals surface area contributed by atoms with Crippen LogP contribution in [0.1, 0.15) is 32.1 Å². The van der Waals surface area contributed by atoms with Gasteiger partial charge in [-0.2, -0.15) is 0 Å². The maximum Gasteiger partial charge on any atom is 0.0667 e. The van der Waals surface area contributed by atoms with Gasteiger partial charge in [-0.3, -0.25) is 4.90 Å². The van der Waals surface area contributed by atoms with E-state index in [4.69, 9.17) is 0 Å². The maximum absolute atomic E-state index is 9.45. The molecule has 2 aliphatic rings. The lowest BCUT2D eigenvalue weighted by Crippen LogP contribution is -2.38. The Morgan fingerprint density at radius 3 is 2.85 bits per heavy atom. The molecule has 1 heterocycles. The lowest BCUT2D eigenvalue weighted by Gasteiger charge is -2.29. The van der Waals surface area contributed by atoms with E-state index in [-0.39, 0.29) is 6.10 Å². The third-order valence-corrected chi connectivity index (χ3v) is 3.11. The molecule has 74 valence electrons. The Hall–Kier alpha value is -0.340. The molecule has 0 amide bonds. The van der Waals surface area contributed by atoms with Crippen molar-refractivity contribution in [3.63, 3.8) is 0 Å². The molecule has 0 spiro atoms. The van der Waals surface area contributed by atoms with Gasteiger partial charge in [0.1, 0.15) is 0 Å². The van der Waals surface area contributed by atoms with Gasteiger partial charge >= 0.3 is 0 Å². The van der Waals surface area contributed by atoms with Gasteiger partial charge in [0.05, 0.1) is 6.10 Å². The summed E-state index contributed by atoms with van der Waals surface area (Å²) >= 11 is 0. The fourth-order valence-corrected chi connectivity index (χ4v) is 2.04. The van der Waals surface area contributed by atoms with Crippen LogP contribution >= 0.6 is 0 Å². The van der Waals surface area contributed by atoms with Crippen molar-refractivity contribution in [2.24, 2.45) is 0 Å². The molecule has 1 N–H and O–H groups in total. The maximum atomic E-state index is 9.45. The molecule has 1 atom stereocenters. The number of likely N-dealkylation sites (tertiary alicyclic amines) is 1. The molecule has 0 radical (unpaired) electrons. The van der Waals surface area contributed by atoms with Gasteiger partial charge in [-0.05, 0) is 38.6 Å². The van der Waals surface area contributed by atoms with Crippen LogP contribution in [-0.2, 0) is 0 Å². The Kier molecular flexibility index (Phi) is 3.01. The largest absolute Gasteiger partial charge is 0.392 e. The standard InChI is InChI=1S/C11H19NO/c13-11-5-2-7-12(9-11)8-6-10-3-1-4-10/h6,11,13H,1-5,7-9H2. The molecule has 1 unspecified atom stereocenters. The summed E-state index contributed by atoms with van der Waals surface area (Å²) in [5.41, 5.74) is 1.63. The average molecular weight is 181 g/mol. The first-order valence-corrected chi connectivity index (χ1v) is 5.43. The van der Waals surface area contributed by atoms with Crippen molar-refractivity contribution in [1.82, 2.24) is 4.90 Å². The Labute approximate surface area is 80.2 Å². The van der Waals surface area contributed by atoms with Crippen molar-refractivity contribution in [2.75, 3.05) is 19.6 Å². The average Bonchev–Trinajstić information content (AvgIpc) is 2.01. The Balaban J connectivity index is 1.73. The summed E-state index contributed by atoms with van der Waals surface area (Å²) < 4.78 is 0. The number of β-amino-alcohol motifs (C(OH)–C–C–N with tert-alkyl or cyclic N) is 1. The molecule has 0 aromatic rings. The van der Waals surface area contributed by atoms with Crippen LogP contribution in [0, 0.1) is 0 Å². The van der Waals surface area contributed by atoms with Gasteiger partial charge in [0, 0.05) is 13.1 Å². The van der Waals surface area contributed by atoms with E-state index < -0.39 is 0 Å². The molecule has 1 aliphatic heterocycles. The van der Waals surface area contributed by atoms with Crippen molar-refractivity contribution in [1.29, 1.82) is 0 Å². The van der Waals surface area contributed by atoms with E-state index in [0.29, 0.717) is 0 Å². The van der Waals surface area contributed by atoms with Crippen molar-refractivity contribution in [3.8, 4) is 0 Å². The highest BCUT2D eigenvalue weighted by Gasteiger charge is 2.16. The molecule has 13 heavy (non-hydrogen) atoms. The molecular weight excluding hydrogens is 162 g/mol. The van der Waals surface area contributed by atoms with Crippen LogP contribution < -0.4 is 0 Å². The van der Waals surface area contributed by atoms with E-state index >= 15 is 0 Å². The Morgan fingerprint density at radius 1 is 1.38 bits per heavy atom. The van der Waals surface area contributed by atoms with Crippen LogP contribution in [0.3, 0.4) is 0 Å². The minimum absolute atomic E-state index is 0.0754. The number of nitrogens with zero attached hydrogens (tertiary/aromatic N) is 1. The van der Waals surface area contributed by atoms with Crippen LogP contribution in [0.4, 0.5) is 0 Å². The van der Waals surface area contributed by atoms with E-state index in [2.05, 4.69) is 11.0 Å². The summed E-state index contributed by atoms with van der Waals surface area (Å²) in [5, 5.41) is 9.45. The molecule has 0 bridgehead atoms. The number of allylic oxidation sites excluding steroid dienone is 1. The lowest BCUT2D eigenvalue weighted by molar-refractivity contribution is 0.0768. The predicted octanol–water partition coefficient (Wildman–Crippen LogP) is 1.55. The van der Waals surface area contributed by atoms with Gasteiger partial charge in [0.2, 0.25) is 0 Å². The zero-order chi connectivity index (χ0) is 9.10. The first kappa shape index (κ1) is 9.22.